The molecule has 19 heavy (non-hydrogen) atoms. The Kier molecular flexibility index (Phi) is 4.32. The number of pyridine rings is 1. The van der Waals surface area contributed by atoms with Gasteiger partial charge >= 0.3 is 0 Å². The van der Waals surface area contributed by atoms with Crippen LogP contribution in [-0.4, -0.2) is 10.1 Å². The first kappa shape index (κ1) is 14.2. The number of aliphatic hydroxyl groups is 1. The average Bonchev–Trinajstić information content (AvgIpc) is 2.26. The highest BCUT2D eigenvalue weighted by Gasteiger charge is 2.13. The predicted molar refractivity (Wildman–Crippen MR) is 76.5 cm³/mol. The Balaban J connectivity index is 2.22. The molecule has 1 aromatic heterocycles. The molecule has 0 bridgehead atoms. The summed E-state index contributed by atoms with van der Waals surface area (Å²) in [6.07, 6.45) is -0.316. The fraction of sp³-hybridized carbons (Fsp3) is 0.267. The molecular weight excluding hydrogens is 309 g/mol. The van der Waals surface area contributed by atoms with E-state index in [0.717, 1.165) is 22.5 Å². The van der Waals surface area contributed by atoms with Gasteiger partial charge in [0.2, 0.25) is 0 Å². The Hall–Kier alpha value is -1.26. The third-order valence-electron chi connectivity index (χ3n) is 2.98. The number of benzene rings is 1. The first-order valence-electron chi connectivity index (χ1n) is 6.03. The van der Waals surface area contributed by atoms with E-state index >= 15 is 0 Å². The molecule has 0 amide bonds. The molecule has 2 nitrogen and oxygen atoms in total. The lowest BCUT2D eigenvalue weighted by Crippen LogP contribution is -2.06. The van der Waals surface area contributed by atoms with Gasteiger partial charge in [-0.1, -0.05) is 22.0 Å². The summed E-state index contributed by atoms with van der Waals surface area (Å²) in [5, 5.41) is 10.2. The van der Waals surface area contributed by atoms with Crippen LogP contribution in [0.3, 0.4) is 0 Å². The molecule has 1 heterocycles. The van der Waals surface area contributed by atoms with Crippen LogP contribution < -0.4 is 0 Å². The van der Waals surface area contributed by atoms with Gasteiger partial charge in [-0.25, -0.2) is 4.39 Å². The summed E-state index contributed by atoms with van der Waals surface area (Å²) in [6, 6.07) is 8.38. The largest absolute Gasteiger partial charge is 0.388 e. The number of nitrogens with zero attached hydrogens (tertiary/aromatic N) is 1. The zero-order valence-electron chi connectivity index (χ0n) is 10.8. The second-order valence-electron chi connectivity index (χ2n) is 4.62. The number of aryl methyl sites for hydroxylation is 2. The highest BCUT2D eigenvalue weighted by atomic mass is 79.9. The second kappa shape index (κ2) is 5.80. The zero-order chi connectivity index (χ0) is 14.0. The second-order valence-corrected chi connectivity index (χ2v) is 5.54. The van der Waals surface area contributed by atoms with Crippen molar-refractivity contribution in [2.75, 3.05) is 0 Å². The van der Waals surface area contributed by atoms with E-state index in [1.807, 2.05) is 32.0 Å². The highest BCUT2D eigenvalue weighted by molar-refractivity contribution is 9.10. The summed E-state index contributed by atoms with van der Waals surface area (Å²) < 4.78 is 14.0. The van der Waals surface area contributed by atoms with Crippen molar-refractivity contribution in [2.45, 2.75) is 26.4 Å². The third kappa shape index (κ3) is 3.61. The number of halogens is 2. The van der Waals surface area contributed by atoms with Crippen LogP contribution in [0.5, 0.6) is 0 Å². The summed E-state index contributed by atoms with van der Waals surface area (Å²) >= 11 is 3.25. The first-order chi connectivity index (χ1) is 8.95. The molecule has 0 spiro atoms. The van der Waals surface area contributed by atoms with Crippen LogP contribution in [0.1, 0.15) is 28.6 Å². The standard InChI is InChI=1S/C15H15BrFNO/c1-9-3-4-14(10(2)18-9)15(19)7-11-5-12(16)8-13(17)6-11/h3-6,8,15,19H,7H2,1-2H3. The van der Waals surface area contributed by atoms with Crippen LogP contribution in [0.4, 0.5) is 4.39 Å². The van der Waals surface area contributed by atoms with Crippen molar-refractivity contribution in [3.63, 3.8) is 0 Å². The monoisotopic (exact) mass is 323 g/mol. The zero-order valence-corrected chi connectivity index (χ0v) is 12.4. The average molecular weight is 324 g/mol. The Labute approximate surface area is 120 Å². The Bertz CT molecular complexity index is 580. The van der Waals surface area contributed by atoms with Gasteiger partial charge in [0.05, 0.1) is 6.10 Å². The van der Waals surface area contributed by atoms with E-state index in [4.69, 9.17) is 0 Å². The van der Waals surface area contributed by atoms with Gasteiger partial charge in [0.25, 0.3) is 0 Å². The van der Waals surface area contributed by atoms with E-state index in [1.54, 1.807) is 0 Å². The maximum Gasteiger partial charge on any atom is 0.124 e. The first-order valence-corrected chi connectivity index (χ1v) is 6.82. The van der Waals surface area contributed by atoms with Crippen molar-refractivity contribution >= 4 is 15.9 Å². The van der Waals surface area contributed by atoms with E-state index in [0.29, 0.717) is 10.9 Å². The van der Waals surface area contributed by atoms with Crippen LogP contribution in [-0.2, 0) is 6.42 Å². The van der Waals surface area contributed by atoms with E-state index in [1.165, 1.54) is 12.1 Å². The summed E-state index contributed by atoms with van der Waals surface area (Å²) in [7, 11) is 0. The summed E-state index contributed by atoms with van der Waals surface area (Å²) in [5.74, 6) is -0.310. The van der Waals surface area contributed by atoms with Crippen LogP contribution in [0, 0.1) is 19.7 Å². The van der Waals surface area contributed by atoms with Gasteiger partial charge in [-0.3, -0.25) is 4.98 Å². The molecule has 0 radical (unpaired) electrons. The molecule has 0 saturated heterocycles. The van der Waals surface area contributed by atoms with E-state index in [-0.39, 0.29) is 5.82 Å². The van der Waals surface area contributed by atoms with Crippen molar-refractivity contribution in [1.29, 1.82) is 0 Å². The minimum Gasteiger partial charge on any atom is -0.388 e. The SMILES string of the molecule is Cc1ccc(C(O)Cc2cc(F)cc(Br)c2)c(C)n1. The number of hydrogen-bond acceptors (Lipinski definition) is 2. The molecule has 2 aromatic rings. The van der Waals surface area contributed by atoms with Crippen LogP contribution >= 0.6 is 15.9 Å². The molecule has 1 unspecified atom stereocenters. The normalized spacial score (nSPS) is 12.5. The smallest absolute Gasteiger partial charge is 0.124 e. The maximum absolute atomic E-state index is 13.3. The lowest BCUT2D eigenvalue weighted by atomic mass is 10.00. The van der Waals surface area contributed by atoms with Crippen molar-refractivity contribution < 1.29 is 9.50 Å². The van der Waals surface area contributed by atoms with Crippen molar-refractivity contribution in [2.24, 2.45) is 0 Å². The fourth-order valence-electron chi connectivity index (χ4n) is 2.11. The molecule has 0 aliphatic carbocycles. The van der Waals surface area contributed by atoms with E-state index in [9.17, 15) is 9.50 Å². The van der Waals surface area contributed by atoms with Crippen molar-refractivity contribution in [3.05, 3.63) is 63.1 Å². The molecule has 1 N–H and O–H groups in total. The number of aliphatic hydroxyl groups excluding tert-OH is 1. The molecule has 4 heteroatoms. The quantitative estimate of drug-likeness (QED) is 0.929. The van der Waals surface area contributed by atoms with Gasteiger partial charge in [-0.15, -0.1) is 0 Å². The molecule has 2 rings (SSSR count). The third-order valence-corrected chi connectivity index (χ3v) is 3.43. The highest BCUT2D eigenvalue weighted by Crippen LogP contribution is 2.23. The molecule has 0 aliphatic heterocycles. The molecule has 0 saturated carbocycles. The van der Waals surface area contributed by atoms with E-state index in [2.05, 4.69) is 20.9 Å². The van der Waals surface area contributed by atoms with Crippen molar-refractivity contribution in [3.8, 4) is 0 Å². The maximum atomic E-state index is 13.3. The van der Waals surface area contributed by atoms with Gasteiger partial charge in [0, 0.05) is 27.8 Å². The van der Waals surface area contributed by atoms with Crippen LogP contribution in [0.25, 0.3) is 0 Å². The number of aromatic nitrogens is 1. The Morgan fingerprint density at radius 3 is 2.63 bits per heavy atom. The van der Waals surface area contributed by atoms with Gasteiger partial charge in [0.15, 0.2) is 0 Å². The topological polar surface area (TPSA) is 33.1 Å². The summed E-state index contributed by atoms with van der Waals surface area (Å²) in [6.45, 7) is 3.78. The lowest BCUT2D eigenvalue weighted by molar-refractivity contribution is 0.177. The predicted octanol–water partition coefficient (Wildman–Crippen LogP) is 3.88. The molecule has 1 aromatic carbocycles. The van der Waals surface area contributed by atoms with E-state index < -0.39 is 6.10 Å². The van der Waals surface area contributed by atoms with Gasteiger partial charge in [-0.2, -0.15) is 0 Å². The van der Waals surface area contributed by atoms with Gasteiger partial charge in [0.1, 0.15) is 5.82 Å². The summed E-state index contributed by atoms with van der Waals surface area (Å²) in [5.41, 5.74) is 3.26. The summed E-state index contributed by atoms with van der Waals surface area (Å²) in [4.78, 5) is 4.33. The number of rotatable bonds is 3. The van der Waals surface area contributed by atoms with Crippen LogP contribution in [0.15, 0.2) is 34.8 Å². The van der Waals surface area contributed by atoms with Gasteiger partial charge < -0.3 is 5.11 Å². The molecule has 0 fully saturated rings. The Morgan fingerprint density at radius 2 is 2.00 bits per heavy atom. The molecule has 0 aliphatic rings. The number of hydrogen-bond donors (Lipinski definition) is 1. The lowest BCUT2D eigenvalue weighted by Gasteiger charge is -2.14. The van der Waals surface area contributed by atoms with Crippen LogP contribution in [0.2, 0.25) is 0 Å². The minimum atomic E-state index is -0.679. The van der Waals surface area contributed by atoms with Crippen molar-refractivity contribution in [1.82, 2.24) is 4.98 Å². The van der Waals surface area contributed by atoms with Gasteiger partial charge in [-0.05, 0) is 43.7 Å². The fourth-order valence-corrected chi connectivity index (χ4v) is 2.62. The Morgan fingerprint density at radius 1 is 1.26 bits per heavy atom. The molecule has 1 atom stereocenters. The molecule has 100 valence electrons. The minimum absolute atomic E-state index is 0.310. The molecular formula is C15H15BrFNO.